The van der Waals surface area contributed by atoms with Gasteiger partial charge in [-0.15, -0.1) is 0 Å². The summed E-state index contributed by atoms with van der Waals surface area (Å²) in [5.74, 6) is -0.0541. The van der Waals surface area contributed by atoms with Gasteiger partial charge in [0.05, 0.1) is 6.61 Å². The predicted octanol–water partition coefficient (Wildman–Crippen LogP) is 2.24. The molecule has 0 unspecified atom stereocenters. The van der Waals surface area contributed by atoms with Crippen molar-refractivity contribution in [3.63, 3.8) is 0 Å². The van der Waals surface area contributed by atoms with Crippen LogP contribution in [0.25, 0.3) is 0 Å². The number of aliphatic hydroxyl groups excluding tert-OH is 1. The minimum atomic E-state index is -0.0890. The van der Waals surface area contributed by atoms with Gasteiger partial charge in [-0.2, -0.15) is 0 Å². The number of benzene rings is 1. The predicted molar refractivity (Wildman–Crippen MR) is 66.7 cm³/mol. The van der Waals surface area contributed by atoms with Crippen LogP contribution < -0.4 is 5.32 Å². The van der Waals surface area contributed by atoms with Gasteiger partial charge in [-0.25, -0.2) is 0 Å². The molecule has 0 spiro atoms. The lowest BCUT2D eigenvalue weighted by Crippen LogP contribution is -2.36. The van der Waals surface area contributed by atoms with E-state index in [2.05, 4.69) is 5.32 Å². The van der Waals surface area contributed by atoms with Crippen molar-refractivity contribution < 1.29 is 9.90 Å². The largest absolute Gasteiger partial charge is 0.392 e. The summed E-state index contributed by atoms with van der Waals surface area (Å²) in [4.78, 5) is 12.1. The van der Waals surface area contributed by atoms with E-state index in [1.54, 1.807) is 12.1 Å². The third-order valence-corrected chi connectivity index (χ3v) is 3.37. The second-order valence-electron chi connectivity index (χ2n) is 4.62. The maximum Gasteiger partial charge on any atom is 0.251 e. The van der Waals surface area contributed by atoms with Crippen molar-refractivity contribution in [1.82, 2.24) is 5.32 Å². The van der Waals surface area contributed by atoms with Crippen LogP contribution in [0.5, 0.6) is 0 Å². The van der Waals surface area contributed by atoms with E-state index >= 15 is 0 Å². The molecule has 0 atom stereocenters. The zero-order chi connectivity index (χ0) is 12.1. The fourth-order valence-corrected chi connectivity index (χ4v) is 2.39. The van der Waals surface area contributed by atoms with Crippen LogP contribution >= 0.6 is 0 Å². The van der Waals surface area contributed by atoms with Gasteiger partial charge in [0.25, 0.3) is 5.91 Å². The molecule has 1 aromatic carbocycles. The molecule has 0 aliphatic heterocycles. The summed E-state index contributed by atoms with van der Waals surface area (Å²) in [5, 5.41) is 12.3. The van der Waals surface area contributed by atoms with Crippen molar-refractivity contribution in [2.75, 3.05) is 0 Å². The number of carbonyl (C=O) groups excluding carboxylic acids is 1. The fraction of sp³-hybridized carbons (Fsp3) is 0.500. The van der Waals surface area contributed by atoms with E-state index in [1.807, 2.05) is 12.1 Å². The molecule has 1 aliphatic carbocycles. The molecule has 92 valence electrons. The summed E-state index contributed by atoms with van der Waals surface area (Å²) in [5.41, 5.74) is 1.29. The summed E-state index contributed by atoms with van der Waals surface area (Å²) in [6, 6.07) is 7.53. The van der Waals surface area contributed by atoms with Gasteiger partial charge < -0.3 is 10.4 Å². The van der Waals surface area contributed by atoms with Gasteiger partial charge in [-0.05, 0) is 24.5 Å². The van der Waals surface area contributed by atoms with Crippen molar-refractivity contribution in [2.45, 2.75) is 44.8 Å². The van der Waals surface area contributed by atoms with E-state index in [-0.39, 0.29) is 12.5 Å². The zero-order valence-electron chi connectivity index (χ0n) is 9.98. The summed E-state index contributed by atoms with van der Waals surface area (Å²) >= 11 is 0. The van der Waals surface area contributed by atoms with E-state index in [9.17, 15) is 9.90 Å². The van der Waals surface area contributed by atoms with Crippen LogP contribution in [0.1, 0.15) is 48.0 Å². The van der Waals surface area contributed by atoms with Crippen LogP contribution in [-0.4, -0.2) is 17.1 Å². The molecule has 17 heavy (non-hydrogen) atoms. The lowest BCUT2D eigenvalue weighted by atomic mass is 9.95. The standard InChI is InChI=1S/C14H19NO2/c16-10-11-6-4-5-9-13(11)14(17)15-12-7-2-1-3-8-12/h4-6,9,12,16H,1-3,7-8,10H2,(H,15,17). The molecule has 0 radical (unpaired) electrons. The summed E-state index contributed by atoms with van der Waals surface area (Å²) < 4.78 is 0. The van der Waals surface area contributed by atoms with Crippen LogP contribution in [0.15, 0.2) is 24.3 Å². The van der Waals surface area contributed by atoms with Crippen LogP contribution in [-0.2, 0) is 6.61 Å². The minimum absolute atomic E-state index is 0.0541. The first-order valence-corrected chi connectivity index (χ1v) is 6.31. The highest BCUT2D eigenvalue weighted by Crippen LogP contribution is 2.18. The lowest BCUT2D eigenvalue weighted by Gasteiger charge is -2.23. The SMILES string of the molecule is O=C(NC1CCCCC1)c1ccccc1CO. The smallest absolute Gasteiger partial charge is 0.251 e. The van der Waals surface area contributed by atoms with E-state index in [0.717, 1.165) is 12.8 Å². The molecule has 0 aromatic heterocycles. The van der Waals surface area contributed by atoms with Crippen molar-refractivity contribution in [1.29, 1.82) is 0 Å². The second kappa shape index (κ2) is 5.82. The van der Waals surface area contributed by atoms with Gasteiger partial charge >= 0.3 is 0 Å². The molecule has 3 nitrogen and oxygen atoms in total. The lowest BCUT2D eigenvalue weighted by molar-refractivity contribution is 0.0924. The normalized spacial score (nSPS) is 16.8. The monoisotopic (exact) mass is 233 g/mol. The Kier molecular flexibility index (Phi) is 4.15. The molecule has 1 aromatic rings. The Morgan fingerprint density at radius 3 is 2.65 bits per heavy atom. The maximum absolute atomic E-state index is 12.1. The molecule has 1 amide bonds. The van der Waals surface area contributed by atoms with E-state index < -0.39 is 0 Å². The Morgan fingerprint density at radius 1 is 1.24 bits per heavy atom. The van der Waals surface area contributed by atoms with E-state index in [0.29, 0.717) is 17.2 Å². The van der Waals surface area contributed by atoms with Crippen LogP contribution in [0.3, 0.4) is 0 Å². The van der Waals surface area contributed by atoms with Crippen molar-refractivity contribution >= 4 is 5.91 Å². The Bertz CT molecular complexity index is 384. The quantitative estimate of drug-likeness (QED) is 0.841. The first-order chi connectivity index (χ1) is 8.31. The first-order valence-electron chi connectivity index (χ1n) is 6.31. The molecule has 3 heteroatoms. The number of nitrogens with one attached hydrogen (secondary N) is 1. The number of aliphatic hydroxyl groups is 1. The number of hydrogen-bond donors (Lipinski definition) is 2. The Labute approximate surface area is 102 Å². The highest BCUT2D eigenvalue weighted by molar-refractivity contribution is 5.95. The summed E-state index contributed by atoms with van der Waals surface area (Å²) in [7, 11) is 0. The first kappa shape index (κ1) is 12.1. The molecule has 0 bridgehead atoms. The average molecular weight is 233 g/mol. The summed E-state index contributed by atoms with van der Waals surface area (Å²) in [6.07, 6.45) is 5.83. The summed E-state index contributed by atoms with van der Waals surface area (Å²) in [6.45, 7) is -0.0890. The zero-order valence-corrected chi connectivity index (χ0v) is 9.98. The number of amides is 1. The van der Waals surface area contributed by atoms with Gasteiger partial charge in [0.2, 0.25) is 0 Å². The topological polar surface area (TPSA) is 49.3 Å². The molecule has 1 aliphatic rings. The van der Waals surface area contributed by atoms with Crippen molar-refractivity contribution in [3.8, 4) is 0 Å². The Hall–Kier alpha value is -1.35. The average Bonchev–Trinajstić information content (AvgIpc) is 2.40. The highest BCUT2D eigenvalue weighted by Gasteiger charge is 2.17. The van der Waals surface area contributed by atoms with Gasteiger partial charge in [0, 0.05) is 11.6 Å². The van der Waals surface area contributed by atoms with Gasteiger partial charge in [0.1, 0.15) is 0 Å². The number of carbonyl (C=O) groups is 1. The van der Waals surface area contributed by atoms with Crippen LogP contribution in [0, 0.1) is 0 Å². The molecular formula is C14H19NO2. The van der Waals surface area contributed by atoms with Gasteiger partial charge in [-0.3, -0.25) is 4.79 Å². The Morgan fingerprint density at radius 2 is 1.94 bits per heavy atom. The molecule has 2 rings (SSSR count). The Balaban J connectivity index is 2.03. The molecule has 1 fully saturated rings. The maximum atomic E-state index is 12.1. The van der Waals surface area contributed by atoms with E-state index in [4.69, 9.17) is 0 Å². The third-order valence-electron chi connectivity index (χ3n) is 3.37. The molecule has 2 N–H and O–H groups in total. The van der Waals surface area contributed by atoms with Crippen molar-refractivity contribution in [3.05, 3.63) is 35.4 Å². The number of rotatable bonds is 3. The molecular weight excluding hydrogens is 214 g/mol. The number of hydrogen-bond acceptors (Lipinski definition) is 2. The fourth-order valence-electron chi connectivity index (χ4n) is 2.39. The molecule has 0 saturated heterocycles. The molecule has 1 saturated carbocycles. The van der Waals surface area contributed by atoms with Crippen LogP contribution in [0.4, 0.5) is 0 Å². The highest BCUT2D eigenvalue weighted by atomic mass is 16.3. The van der Waals surface area contributed by atoms with E-state index in [1.165, 1.54) is 19.3 Å². The van der Waals surface area contributed by atoms with Crippen molar-refractivity contribution in [2.24, 2.45) is 0 Å². The minimum Gasteiger partial charge on any atom is -0.392 e. The van der Waals surface area contributed by atoms with Gasteiger partial charge in [0.15, 0.2) is 0 Å². The van der Waals surface area contributed by atoms with Gasteiger partial charge in [-0.1, -0.05) is 37.5 Å². The third kappa shape index (κ3) is 3.07. The molecule has 0 heterocycles. The second-order valence-corrected chi connectivity index (χ2v) is 4.62. The van der Waals surface area contributed by atoms with Crippen LogP contribution in [0.2, 0.25) is 0 Å².